The third kappa shape index (κ3) is 43.5. The molecule has 1 heterocycles. The molecule has 11 nitrogen and oxygen atoms in total. The molecule has 11 heteroatoms. The molecule has 1 aliphatic heterocycles. The van der Waals surface area contributed by atoms with Crippen molar-refractivity contribution in [3.63, 3.8) is 0 Å². The number of rotatable bonds is 55. The lowest BCUT2D eigenvalue weighted by Crippen LogP contribution is -2.61. The van der Waals surface area contributed by atoms with Crippen LogP contribution in [0.5, 0.6) is 0 Å². The van der Waals surface area contributed by atoms with Crippen LogP contribution in [0.4, 0.5) is 0 Å². The molecule has 0 radical (unpaired) electrons. The van der Waals surface area contributed by atoms with Crippen LogP contribution in [-0.2, 0) is 23.8 Å². The molecule has 8 atom stereocenters. The molecule has 0 aromatic carbocycles. The summed E-state index contributed by atoms with van der Waals surface area (Å²) in [6.45, 7) is 5.67. The van der Waals surface area contributed by atoms with Crippen LogP contribution in [0.2, 0.25) is 0 Å². The van der Waals surface area contributed by atoms with Gasteiger partial charge in [-0.25, -0.2) is 0 Å². The molecule has 1 amide bonds. The van der Waals surface area contributed by atoms with Gasteiger partial charge in [0, 0.05) is 6.42 Å². The van der Waals surface area contributed by atoms with Crippen molar-refractivity contribution >= 4 is 11.9 Å². The van der Waals surface area contributed by atoms with Crippen molar-refractivity contribution in [1.82, 2.24) is 5.32 Å². The molecule has 6 N–H and O–H groups in total. The van der Waals surface area contributed by atoms with E-state index in [0.29, 0.717) is 12.8 Å². The van der Waals surface area contributed by atoms with Gasteiger partial charge in [0.25, 0.3) is 0 Å². The van der Waals surface area contributed by atoms with Crippen LogP contribution in [-0.4, -0.2) is 99.6 Å². The highest BCUT2D eigenvalue weighted by atomic mass is 16.7. The van der Waals surface area contributed by atoms with Crippen molar-refractivity contribution in [2.24, 2.45) is 0 Å². The molecule has 0 aliphatic carbocycles. The second-order valence-electron chi connectivity index (χ2n) is 22.5. The van der Waals surface area contributed by atoms with E-state index < -0.39 is 67.4 Å². The fourth-order valence-electron chi connectivity index (χ4n) is 9.89. The zero-order valence-corrected chi connectivity index (χ0v) is 51.2. The minimum absolute atomic E-state index is 0.121. The average molecular weight is 1120 g/mol. The monoisotopic (exact) mass is 1120 g/mol. The van der Waals surface area contributed by atoms with E-state index in [1.54, 1.807) is 6.08 Å². The highest BCUT2D eigenvalue weighted by Gasteiger charge is 2.47. The number of aliphatic hydroxyl groups is 5. The highest BCUT2D eigenvalue weighted by Crippen LogP contribution is 2.26. The van der Waals surface area contributed by atoms with Crippen molar-refractivity contribution < 1.29 is 49.3 Å². The number of allylic oxidation sites excluding steroid dienone is 13. The number of aliphatic hydroxyl groups excluding tert-OH is 5. The Hall–Kier alpha value is -3.16. The first-order chi connectivity index (χ1) is 39.2. The van der Waals surface area contributed by atoms with Crippen molar-refractivity contribution in [2.75, 3.05) is 13.2 Å². The summed E-state index contributed by atoms with van der Waals surface area (Å²) < 4.78 is 17.6. The van der Waals surface area contributed by atoms with Crippen LogP contribution in [0.15, 0.2) is 85.1 Å². The first-order valence-electron chi connectivity index (χ1n) is 32.9. The van der Waals surface area contributed by atoms with Gasteiger partial charge in [0.1, 0.15) is 24.4 Å². The highest BCUT2D eigenvalue weighted by molar-refractivity contribution is 5.80. The van der Waals surface area contributed by atoms with E-state index in [2.05, 4.69) is 99.0 Å². The van der Waals surface area contributed by atoms with E-state index in [1.807, 2.05) is 6.08 Å². The van der Waals surface area contributed by atoms with Crippen LogP contribution >= 0.6 is 0 Å². The quantitative estimate of drug-likeness (QED) is 0.0195. The summed E-state index contributed by atoms with van der Waals surface area (Å²) in [5.41, 5.74) is 0. The van der Waals surface area contributed by atoms with Gasteiger partial charge >= 0.3 is 5.97 Å². The molecule has 1 saturated heterocycles. The molecule has 0 aromatic rings. The lowest BCUT2D eigenvalue weighted by atomic mass is 9.99. The SMILES string of the molecule is CC/C=C\C/C=C\C/C=C\C/C=C\C/C=C\C/C=C\CCCCCC(O)C(=O)NC(COC1OC(CO)C(O)C(O)C1OC(=O)CCCCCCCCCCCCCCCCCCC)C(O)/C=C/CCCCCCCCCCCC. The maximum atomic E-state index is 13.4. The Balaban J connectivity index is 2.67. The first-order valence-corrected chi connectivity index (χ1v) is 32.9. The number of carbonyl (C=O) groups is 2. The molecule has 0 bridgehead atoms. The maximum absolute atomic E-state index is 13.4. The van der Waals surface area contributed by atoms with E-state index in [-0.39, 0.29) is 19.4 Å². The van der Waals surface area contributed by atoms with E-state index in [4.69, 9.17) is 14.2 Å². The first kappa shape index (κ1) is 74.9. The number of esters is 1. The van der Waals surface area contributed by atoms with Crippen LogP contribution in [0, 0.1) is 0 Å². The molecule has 462 valence electrons. The molecular weight excluding hydrogens is 1000 g/mol. The summed E-state index contributed by atoms with van der Waals surface area (Å²) in [6.07, 6.45) is 63.3. The third-order valence-corrected chi connectivity index (χ3v) is 15.1. The largest absolute Gasteiger partial charge is 0.454 e. The zero-order chi connectivity index (χ0) is 58.2. The number of ether oxygens (including phenoxy) is 3. The van der Waals surface area contributed by atoms with Crippen molar-refractivity contribution in [3.05, 3.63) is 85.1 Å². The Morgan fingerprint density at radius 2 is 0.900 bits per heavy atom. The summed E-state index contributed by atoms with van der Waals surface area (Å²) in [5, 5.41) is 57.1. The lowest BCUT2D eigenvalue weighted by Gasteiger charge is -2.41. The van der Waals surface area contributed by atoms with Gasteiger partial charge in [-0.15, -0.1) is 0 Å². The summed E-state index contributed by atoms with van der Waals surface area (Å²) in [7, 11) is 0. The van der Waals surface area contributed by atoms with Gasteiger partial charge in [-0.2, -0.15) is 0 Å². The Morgan fingerprint density at radius 3 is 1.35 bits per heavy atom. The Labute approximate surface area is 489 Å². The van der Waals surface area contributed by atoms with Gasteiger partial charge in [-0.05, 0) is 77.0 Å². The van der Waals surface area contributed by atoms with E-state index in [0.717, 1.165) is 96.3 Å². The van der Waals surface area contributed by atoms with Gasteiger partial charge < -0.3 is 45.1 Å². The van der Waals surface area contributed by atoms with Crippen LogP contribution in [0.1, 0.15) is 278 Å². The Bertz CT molecular complexity index is 1620. The van der Waals surface area contributed by atoms with Crippen molar-refractivity contribution in [2.45, 2.75) is 327 Å². The molecule has 1 aliphatic rings. The summed E-state index contributed by atoms with van der Waals surface area (Å²) in [5.74, 6) is -1.22. The van der Waals surface area contributed by atoms with Crippen LogP contribution in [0.3, 0.4) is 0 Å². The number of carbonyl (C=O) groups excluding carboxylic acids is 2. The Kier molecular flexibility index (Phi) is 52.7. The topological polar surface area (TPSA) is 175 Å². The number of nitrogens with one attached hydrogen (secondary N) is 1. The predicted molar refractivity (Wildman–Crippen MR) is 333 cm³/mol. The van der Waals surface area contributed by atoms with Crippen LogP contribution < -0.4 is 5.32 Å². The molecule has 1 rings (SSSR count). The average Bonchev–Trinajstić information content (AvgIpc) is 3.48. The van der Waals surface area contributed by atoms with Crippen LogP contribution in [0.25, 0.3) is 0 Å². The fraction of sp³-hybridized carbons (Fsp3) is 0.768. The zero-order valence-electron chi connectivity index (χ0n) is 51.2. The molecule has 0 saturated carbocycles. The van der Waals surface area contributed by atoms with Gasteiger partial charge in [-0.3, -0.25) is 9.59 Å². The maximum Gasteiger partial charge on any atom is 0.306 e. The summed E-state index contributed by atoms with van der Waals surface area (Å²) in [6, 6.07) is -1.04. The number of hydrogen-bond acceptors (Lipinski definition) is 10. The minimum Gasteiger partial charge on any atom is -0.454 e. The molecule has 1 fully saturated rings. The smallest absolute Gasteiger partial charge is 0.306 e. The molecule has 0 aromatic heterocycles. The lowest BCUT2D eigenvalue weighted by molar-refractivity contribution is -0.305. The predicted octanol–water partition coefficient (Wildman–Crippen LogP) is 16.1. The van der Waals surface area contributed by atoms with Crippen molar-refractivity contribution in [3.8, 4) is 0 Å². The molecule has 80 heavy (non-hydrogen) atoms. The summed E-state index contributed by atoms with van der Waals surface area (Å²) in [4.78, 5) is 26.6. The minimum atomic E-state index is -1.62. The summed E-state index contributed by atoms with van der Waals surface area (Å²) >= 11 is 0. The standard InChI is InChI=1S/C69H121NO10/c1-4-7-10-13-16-19-22-25-27-29-30-31-32-33-35-36-38-41-44-47-50-53-56-62(73)68(77)70-60(61(72)55-52-49-46-43-40-24-21-18-15-12-9-6-3)59-78-69-67(66(76)65(75)63(58-71)79-69)80-64(74)57-54-51-48-45-42-39-37-34-28-26-23-20-17-14-11-8-5-2/h7,10,16,19,25,27,30-31,33,35,38,41,52,55,60-63,65-67,69,71-73,75-76H,4-6,8-9,11-15,17-18,20-24,26,28-29,32,34,36-37,39-40,42-51,53-54,56-59H2,1-3H3,(H,70,77)/b10-7-,19-16-,27-25-,31-30-,35-33-,41-38-,55-52+. The molecular formula is C69H121NO10. The molecule has 0 spiro atoms. The Morgan fingerprint density at radius 1 is 0.500 bits per heavy atom. The van der Waals surface area contributed by atoms with Gasteiger partial charge in [0.2, 0.25) is 5.91 Å². The van der Waals surface area contributed by atoms with E-state index >= 15 is 0 Å². The molecule has 8 unspecified atom stereocenters. The van der Waals surface area contributed by atoms with Crippen molar-refractivity contribution in [1.29, 1.82) is 0 Å². The van der Waals surface area contributed by atoms with Gasteiger partial charge in [0.15, 0.2) is 12.4 Å². The number of hydrogen-bond donors (Lipinski definition) is 6. The van der Waals surface area contributed by atoms with Gasteiger partial charge in [-0.1, -0.05) is 279 Å². The number of unbranched alkanes of at least 4 members (excludes halogenated alkanes) is 29. The normalized spacial score (nSPS) is 19.3. The third-order valence-electron chi connectivity index (χ3n) is 15.1. The van der Waals surface area contributed by atoms with E-state index in [9.17, 15) is 35.1 Å². The second-order valence-corrected chi connectivity index (χ2v) is 22.5. The van der Waals surface area contributed by atoms with Gasteiger partial charge in [0.05, 0.1) is 25.4 Å². The fourth-order valence-corrected chi connectivity index (χ4v) is 9.89. The second kappa shape index (κ2) is 56.3. The van der Waals surface area contributed by atoms with E-state index in [1.165, 1.54) is 135 Å². The number of amides is 1.